The molecule has 2 aromatic heterocycles. The van der Waals surface area contributed by atoms with E-state index in [0.717, 1.165) is 66.0 Å². The van der Waals surface area contributed by atoms with Crippen molar-refractivity contribution in [2.75, 3.05) is 13.2 Å². The number of benzene rings is 3. The summed E-state index contributed by atoms with van der Waals surface area (Å²) in [6.07, 6.45) is 9.57. The van der Waals surface area contributed by atoms with Gasteiger partial charge in [-0.1, -0.05) is 60.7 Å². The summed E-state index contributed by atoms with van der Waals surface area (Å²) in [6, 6.07) is 31.2. The van der Waals surface area contributed by atoms with Crippen LogP contribution in [0.3, 0.4) is 0 Å². The SMILES string of the molecule is Fc1ccc(-c2cncc(CN(CCCCOc3ccccc3)Cc3cncc(-c4ccccc4)c3)c2)cc1. The van der Waals surface area contributed by atoms with E-state index in [-0.39, 0.29) is 5.82 Å². The van der Waals surface area contributed by atoms with Gasteiger partial charge in [0.1, 0.15) is 11.6 Å². The molecule has 5 heteroatoms. The molecule has 3 aromatic carbocycles. The van der Waals surface area contributed by atoms with Gasteiger partial charge in [0, 0.05) is 49.0 Å². The van der Waals surface area contributed by atoms with Gasteiger partial charge >= 0.3 is 0 Å². The van der Waals surface area contributed by atoms with Crippen molar-refractivity contribution in [3.05, 3.63) is 139 Å². The number of para-hydroxylation sites is 1. The van der Waals surface area contributed by atoms with Gasteiger partial charge in [-0.2, -0.15) is 0 Å². The molecule has 0 aliphatic rings. The molecular formula is C34H32FN3O. The second-order valence-corrected chi connectivity index (χ2v) is 9.62. The number of halogens is 1. The average Bonchev–Trinajstić information content (AvgIpc) is 2.98. The van der Waals surface area contributed by atoms with Gasteiger partial charge in [0.05, 0.1) is 6.61 Å². The molecule has 0 fully saturated rings. The molecule has 39 heavy (non-hydrogen) atoms. The lowest BCUT2D eigenvalue weighted by molar-refractivity contribution is 0.236. The summed E-state index contributed by atoms with van der Waals surface area (Å²) in [5.41, 5.74) is 6.49. The molecule has 0 N–H and O–H groups in total. The van der Waals surface area contributed by atoms with E-state index < -0.39 is 0 Å². The molecule has 0 radical (unpaired) electrons. The maximum Gasteiger partial charge on any atom is 0.123 e. The number of rotatable bonds is 12. The van der Waals surface area contributed by atoms with Crippen LogP contribution in [-0.2, 0) is 13.1 Å². The van der Waals surface area contributed by atoms with E-state index in [2.05, 4.69) is 39.1 Å². The molecule has 0 aliphatic carbocycles. The average molecular weight is 518 g/mol. The lowest BCUT2D eigenvalue weighted by atomic mass is 10.0. The Morgan fingerprint density at radius 1 is 0.590 bits per heavy atom. The number of hydrogen-bond acceptors (Lipinski definition) is 4. The van der Waals surface area contributed by atoms with E-state index >= 15 is 0 Å². The van der Waals surface area contributed by atoms with E-state index in [1.807, 2.05) is 73.3 Å². The number of nitrogens with zero attached hydrogens (tertiary/aromatic N) is 3. The third-order valence-corrected chi connectivity index (χ3v) is 6.57. The Balaban J connectivity index is 1.28. The highest BCUT2D eigenvalue weighted by molar-refractivity contribution is 5.63. The Bertz CT molecular complexity index is 1440. The van der Waals surface area contributed by atoms with Gasteiger partial charge in [0.25, 0.3) is 0 Å². The Kier molecular flexibility index (Phi) is 9.06. The second kappa shape index (κ2) is 13.4. The minimum atomic E-state index is -0.239. The van der Waals surface area contributed by atoms with Crippen molar-refractivity contribution in [1.82, 2.24) is 14.9 Å². The normalized spacial score (nSPS) is 11.0. The van der Waals surface area contributed by atoms with E-state index in [0.29, 0.717) is 6.61 Å². The fourth-order valence-electron chi connectivity index (χ4n) is 4.61. The topological polar surface area (TPSA) is 38.2 Å². The predicted octanol–water partition coefficient (Wildman–Crippen LogP) is 7.81. The summed E-state index contributed by atoms with van der Waals surface area (Å²) in [4.78, 5) is 11.5. The summed E-state index contributed by atoms with van der Waals surface area (Å²) in [7, 11) is 0. The summed E-state index contributed by atoms with van der Waals surface area (Å²) in [5.74, 6) is 0.665. The summed E-state index contributed by atoms with van der Waals surface area (Å²) in [6.45, 7) is 3.12. The van der Waals surface area contributed by atoms with Crippen molar-refractivity contribution in [3.63, 3.8) is 0 Å². The first-order valence-electron chi connectivity index (χ1n) is 13.3. The standard InChI is InChI=1S/C34H32FN3O/c35-33-15-13-30(14-16-33)32-20-28(22-37-24-32)26-38(17-7-8-18-39-34-11-5-2-6-12-34)25-27-19-31(23-36-21-27)29-9-3-1-4-10-29/h1-6,9-16,19-24H,7-8,17-18,25-26H2. The minimum absolute atomic E-state index is 0.239. The molecule has 0 atom stereocenters. The molecule has 0 spiro atoms. The van der Waals surface area contributed by atoms with Crippen molar-refractivity contribution >= 4 is 0 Å². The maximum atomic E-state index is 13.4. The molecule has 0 aliphatic heterocycles. The molecule has 0 amide bonds. The van der Waals surface area contributed by atoms with Gasteiger partial charge < -0.3 is 4.74 Å². The first-order valence-corrected chi connectivity index (χ1v) is 13.3. The predicted molar refractivity (Wildman–Crippen MR) is 155 cm³/mol. The zero-order valence-electron chi connectivity index (χ0n) is 21.9. The van der Waals surface area contributed by atoms with Crippen molar-refractivity contribution < 1.29 is 9.13 Å². The summed E-state index contributed by atoms with van der Waals surface area (Å²) >= 11 is 0. The molecule has 4 nitrogen and oxygen atoms in total. The largest absolute Gasteiger partial charge is 0.494 e. The van der Waals surface area contributed by atoms with Crippen LogP contribution in [0.2, 0.25) is 0 Å². The Morgan fingerprint density at radius 2 is 1.15 bits per heavy atom. The quantitative estimate of drug-likeness (QED) is 0.158. The van der Waals surface area contributed by atoms with Gasteiger partial charge in [0.15, 0.2) is 0 Å². The summed E-state index contributed by atoms with van der Waals surface area (Å²) < 4.78 is 19.3. The maximum absolute atomic E-state index is 13.4. The van der Waals surface area contributed by atoms with Gasteiger partial charge in [-0.15, -0.1) is 0 Å². The van der Waals surface area contributed by atoms with Gasteiger partial charge in [-0.05, 0) is 78.0 Å². The first-order chi connectivity index (χ1) is 19.2. The van der Waals surface area contributed by atoms with Gasteiger partial charge in [-0.25, -0.2) is 4.39 Å². The highest BCUT2D eigenvalue weighted by Crippen LogP contribution is 2.23. The Hall–Kier alpha value is -4.35. The van der Waals surface area contributed by atoms with Crippen LogP contribution in [-0.4, -0.2) is 28.0 Å². The molecule has 5 rings (SSSR count). The molecular weight excluding hydrogens is 485 g/mol. The van der Waals surface area contributed by atoms with Crippen LogP contribution in [0.4, 0.5) is 4.39 Å². The lowest BCUT2D eigenvalue weighted by Gasteiger charge is -2.23. The van der Waals surface area contributed by atoms with Crippen molar-refractivity contribution in [2.24, 2.45) is 0 Å². The lowest BCUT2D eigenvalue weighted by Crippen LogP contribution is -2.24. The molecule has 2 heterocycles. The van der Waals surface area contributed by atoms with E-state index in [1.165, 1.54) is 17.7 Å². The molecule has 0 saturated heterocycles. The highest BCUT2D eigenvalue weighted by Gasteiger charge is 2.11. The monoisotopic (exact) mass is 517 g/mol. The zero-order valence-corrected chi connectivity index (χ0v) is 21.9. The number of aromatic nitrogens is 2. The molecule has 0 saturated carbocycles. The van der Waals surface area contributed by atoms with Crippen LogP contribution >= 0.6 is 0 Å². The highest BCUT2D eigenvalue weighted by atomic mass is 19.1. The number of unbranched alkanes of at least 4 members (excludes halogenated alkanes) is 1. The van der Waals surface area contributed by atoms with Crippen molar-refractivity contribution in [2.45, 2.75) is 25.9 Å². The van der Waals surface area contributed by atoms with E-state index in [9.17, 15) is 4.39 Å². The number of ether oxygens (including phenoxy) is 1. The fourth-order valence-corrected chi connectivity index (χ4v) is 4.61. The van der Waals surface area contributed by atoms with Crippen LogP contribution in [0.5, 0.6) is 5.75 Å². The molecule has 5 aromatic rings. The van der Waals surface area contributed by atoms with Gasteiger partial charge in [0.2, 0.25) is 0 Å². The number of hydrogen-bond donors (Lipinski definition) is 0. The smallest absolute Gasteiger partial charge is 0.123 e. The second-order valence-electron chi connectivity index (χ2n) is 9.62. The van der Waals surface area contributed by atoms with Crippen LogP contribution in [0, 0.1) is 5.82 Å². The van der Waals surface area contributed by atoms with Crippen molar-refractivity contribution in [1.29, 1.82) is 0 Å². The summed E-state index contributed by atoms with van der Waals surface area (Å²) in [5, 5.41) is 0. The first kappa shape index (κ1) is 26.3. The molecule has 0 unspecified atom stereocenters. The van der Waals surface area contributed by atoms with Crippen LogP contribution in [0.1, 0.15) is 24.0 Å². The molecule has 196 valence electrons. The van der Waals surface area contributed by atoms with Crippen LogP contribution in [0.15, 0.2) is 122 Å². The molecule has 0 bridgehead atoms. The zero-order chi connectivity index (χ0) is 26.7. The third kappa shape index (κ3) is 7.82. The minimum Gasteiger partial charge on any atom is -0.494 e. The third-order valence-electron chi connectivity index (χ3n) is 6.57. The van der Waals surface area contributed by atoms with Crippen LogP contribution in [0.25, 0.3) is 22.3 Å². The Labute approximate surface area is 229 Å². The van der Waals surface area contributed by atoms with Crippen molar-refractivity contribution in [3.8, 4) is 28.0 Å². The fraction of sp³-hybridized carbons (Fsp3) is 0.176. The van der Waals surface area contributed by atoms with Gasteiger partial charge in [-0.3, -0.25) is 14.9 Å². The van der Waals surface area contributed by atoms with Crippen LogP contribution < -0.4 is 4.74 Å². The van der Waals surface area contributed by atoms with E-state index in [4.69, 9.17) is 4.74 Å². The number of pyridine rings is 2. The Morgan fingerprint density at radius 3 is 1.77 bits per heavy atom. The van der Waals surface area contributed by atoms with E-state index in [1.54, 1.807) is 12.1 Å².